The highest BCUT2D eigenvalue weighted by Crippen LogP contribution is 2.52. The van der Waals surface area contributed by atoms with E-state index in [9.17, 15) is 9.59 Å². The first kappa shape index (κ1) is 13.3. The van der Waals surface area contributed by atoms with E-state index in [1.807, 2.05) is 13.8 Å². The SMILES string of the molecule is CON(C)C(=O)[C@]12O[C@H]1C(OC)(C(C)C)NC2=O. The van der Waals surface area contributed by atoms with Crippen LogP contribution in [0.5, 0.6) is 0 Å². The van der Waals surface area contributed by atoms with Crippen LogP contribution in [0.1, 0.15) is 13.8 Å². The lowest BCUT2D eigenvalue weighted by Gasteiger charge is -2.32. The highest BCUT2D eigenvalue weighted by Gasteiger charge is 2.82. The third kappa shape index (κ3) is 1.35. The molecule has 2 amide bonds. The van der Waals surface area contributed by atoms with Gasteiger partial charge in [-0.3, -0.25) is 14.4 Å². The van der Waals surface area contributed by atoms with Crippen molar-refractivity contribution in [2.75, 3.05) is 21.3 Å². The molecular weight excluding hydrogens is 240 g/mol. The summed E-state index contributed by atoms with van der Waals surface area (Å²) in [5.74, 6) is -1.02. The van der Waals surface area contributed by atoms with E-state index in [0.717, 1.165) is 5.06 Å². The van der Waals surface area contributed by atoms with Crippen LogP contribution in [0.25, 0.3) is 0 Å². The predicted molar refractivity (Wildman–Crippen MR) is 60.1 cm³/mol. The van der Waals surface area contributed by atoms with Gasteiger partial charge >= 0.3 is 0 Å². The number of amides is 2. The smallest absolute Gasteiger partial charge is 0.290 e. The molecule has 2 heterocycles. The first-order valence-electron chi connectivity index (χ1n) is 5.74. The maximum atomic E-state index is 12.1. The van der Waals surface area contributed by atoms with Crippen molar-refractivity contribution in [2.45, 2.75) is 31.3 Å². The van der Waals surface area contributed by atoms with Crippen molar-refractivity contribution < 1.29 is 23.9 Å². The van der Waals surface area contributed by atoms with Gasteiger partial charge in [0.25, 0.3) is 17.4 Å². The first-order chi connectivity index (χ1) is 8.36. The molecule has 2 saturated heterocycles. The average molecular weight is 258 g/mol. The fraction of sp³-hybridized carbons (Fsp3) is 0.818. The molecule has 1 N–H and O–H groups in total. The largest absolute Gasteiger partial charge is 0.356 e. The molecule has 0 bridgehead atoms. The summed E-state index contributed by atoms with van der Waals surface area (Å²) in [6, 6.07) is 0. The lowest BCUT2D eigenvalue weighted by molar-refractivity contribution is -0.176. The van der Waals surface area contributed by atoms with Crippen LogP contribution in [-0.4, -0.2) is 55.6 Å². The van der Waals surface area contributed by atoms with Gasteiger partial charge in [0.1, 0.15) is 0 Å². The number of rotatable bonds is 4. The number of carbonyl (C=O) groups is 2. The average Bonchev–Trinajstić information content (AvgIpc) is 3.05. The quantitative estimate of drug-likeness (QED) is 0.408. The first-order valence-corrected chi connectivity index (χ1v) is 5.74. The monoisotopic (exact) mass is 258 g/mol. The minimum absolute atomic E-state index is 0.0264. The summed E-state index contributed by atoms with van der Waals surface area (Å²) in [5.41, 5.74) is -2.45. The van der Waals surface area contributed by atoms with Gasteiger partial charge in [-0.15, -0.1) is 0 Å². The van der Waals surface area contributed by atoms with Gasteiger partial charge in [0.05, 0.1) is 7.11 Å². The Morgan fingerprint density at radius 3 is 2.44 bits per heavy atom. The number of morpholine rings is 1. The van der Waals surface area contributed by atoms with Crippen LogP contribution >= 0.6 is 0 Å². The number of ether oxygens (including phenoxy) is 2. The van der Waals surface area contributed by atoms with Gasteiger partial charge in [-0.05, 0) is 0 Å². The molecule has 2 rings (SSSR count). The highest BCUT2D eigenvalue weighted by atomic mass is 16.7. The number of hydrogen-bond acceptors (Lipinski definition) is 5. The summed E-state index contributed by atoms with van der Waals surface area (Å²) in [6.45, 7) is 3.79. The van der Waals surface area contributed by atoms with Crippen LogP contribution in [0.2, 0.25) is 0 Å². The van der Waals surface area contributed by atoms with Crippen molar-refractivity contribution >= 4 is 11.8 Å². The minimum Gasteiger partial charge on any atom is -0.356 e. The van der Waals surface area contributed by atoms with E-state index < -0.39 is 29.2 Å². The minimum atomic E-state index is -1.49. The number of epoxide rings is 1. The van der Waals surface area contributed by atoms with Crippen molar-refractivity contribution in [3.05, 3.63) is 0 Å². The van der Waals surface area contributed by atoms with E-state index in [1.165, 1.54) is 21.3 Å². The van der Waals surface area contributed by atoms with Crippen LogP contribution in [-0.2, 0) is 23.9 Å². The summed E-state index contributed by atoms with van der Waals surface area (Å²) < 4.78 is 10.8. The molecule has 0 aromatic rings. The van der Waals surface area contributed by atoms with Gasteiger partial charge in [0, 0.05) is 20.1 Å². The fourth-order valence-electron chi connectivity index (χ4n) is 2.47. The molecule has 0 aromatic heterocycles. The van der Waals surface area contributed by atoms with E-state index in [-0.39, 0.29) is 5.92 Å². The van der Waals surface area contributed by atoms with Crippen LogP contribution in [0.15, 0.2) is 0 Å². The molecule has 2 aliphatic rings. The molecule has 3 atom stereocenters. The Bertz CT molecular complexity index is 399. The molecule has 7 nitrogen and oxygen atoms in total. The predicted octanol–water partition coefficient (Wildman–Crippen LogP) is -0.728. The van der Waals surface area contributed by atoms with Gasteiger partial charge in [0.2, 0.25) is 0 Å². The standard InChI is InChI=1S/C11H18N2O5/c1-6(2)11(16-4)7-10(18-7,8(14)12-11)9(15)13(3)17-5/h6-7H,1-5H3,(H,12,14)/t7-,10+,11?/m1/s1. The summed E-state index contributed by atoms with van der Waals surface area (Å²) in [6.07, 6.45) is -0.618. The van der Waals surface area contributed by atoms with Crippen LogP contribution in [0.3, 0.4) is 0 Å². The Morgan fingerprint density at radius 1 is 1.50 bits per heavy atom. The van der Waals surface area contributed by atoms with E-state index in [1.54, 1.807) is 0 Å². The number of hydroxylamine groups is 2. The lowest BCUT2D eigenvalue weighted by atomic mass is 9.93. The molecular formula is C11H18N2O5. The molecule has 2 aliphatic heterocycles. The summed E-state index contributed by atoms with van der Waals surface area (Å²) >= 11 is 0. The van der Waals surface area contributed by atoms with E-state index in [4.69, 9.17) is 14.3 Å². The Morgan fingerprint density at radius 2 is 2.11 bits per heavy atom. The maximum Gasteiger partial charge on any atom is 0.290 e. The number of nitrogens with zero attached hydrogens (tertiary/aromatic N) is 1. The second-order valence-corrected chi connectivity index (χ2v) is 4.82. The molecule has 0 saturated carbocycles. The molecule has 0 spiro atoms. The van der Waals surface area contributed by atoms with Crippen molar-refractivity contribution in [1.29, 1.82) is 0 Å². The molecule has 102 valence electrons. The van der Waals surface area contributed by atoms with Crippen LogP contribution in [0.4, 0.5) is 0 Å². The van der Waals surface area contributed by atoms with Gasteiger partial charge in [-0.1, -0.05) is 13.8 Å². The van der Waals surface area contributed by atoms with Gasteiger partial charge in [-0.2, -0.15) is 0 Å². The number of likely N-dealkylation sites (N-methyl/N-ethyl adjacent to an activating group) is 1. The van der Waals surface area contributed by atoms with Crippen molar-refractivity contribution in [2.24, 2.45) is 5.92 Å². The van der Waals surface area contributed by atoms with Crippen LogP contribution < -0.4 is 5.32 Å². The summed E-state index contributed by atoms with van der Waals surface area (Å²) in [4.78, 5) is 29.0. The molecule has 0 aromatic carbocycles. The van der Waals surface area contributed by atoms with Crippen molar-refractivity contribution in [1.82, 2.24) is 10.4 Å². The number of carbonyl (C=O) groups excluding carboxylic acids is 2. The Balaban J connectivity index is 2.31. The molecule has 1 unspecified atom stereocenters. The molecule has 2 fully saturated rings. The number of hydrogen-bond donors (Lipinski definition) is 1. The van der Waals surface area contributed by atoms with Gasteiger partial charge in [0.15, 0.2) is 11.8 Å². The molecule has 0 aliphatic carbocycles. The molecule has 7 heteroatoms. The number of fused-ring (bicyclic) bond motifs is 1. The van der Waals surface area contributed by atoms with Crippen molar-refractivity contribution in [3.63, 3.8) is 0 Å². The zero-order valence-corrected chi connectivity index (χ0v) is 11.1. The van der Waals surface area contributed by atoms with Crippen molar-refractivity contribution in [3.8, 4) is 0 Å². The van der Waals surface area contributed by atoms with Gasteiger partial charge in [-0.25, -0.2) is 5.06 Å². The third-order valence-electron chi connectivity index (χ3n) is 3.72. The number of nitrogens with one attached hydrogen (secondary N) is 1. The lowest BCUT2D eigenvalue weighted by Crippen LogP contribution is -2.53. The van der Waals surface area contributed by atoms with E-state index in [2.05, 4.69) is 5.32 Å². The van der Waals surface area contributed by atoms with E-state index >= 15 is 0 Å². The Kier molecular flexibility index (Phi) is 2.88. The maximum absolute atomic E-state index is 12.1. The Hall–Kier alpha value is -1.18. The fourth-order valence-corrected chi connectivity index (χ4v) is 2.47. The molecule has 0 radical (unpaired) electrons. The summed E-state index contributed by atoms with van der Waals surface area (Å²) in [5, 5.41) is 3.72. The second-order valence-electron chi connectivity index (χ2n) is 4.82. The number of methoxy groups -OCH3 is 1. The topological polar surface area (TPSA) is 80.4 Å². The normalized spacial score (nSPS) is 37.4. The molecule has 18 heavy (non-hydrogen) atoms. The summed E-state index contributed by atoms with van der Waals surface area (Å²) in [7, 11) is 4.28. The van der Waals surface area contributed by atoms with E-state index in [0.29, 0.717) is 0 Å². The van der Waals surface area contributed by atoms with Gasteiger partial charge < -0.3 is 14.8 Å². The Labute approximate surface area is 105 Å². The highest BCUT2D eigenvalue weighted by molar-refractivity contribution is 6.14. The zero-order chi connectivity index (χ0) is 13.7. The van der Waals surface area contributed by atoms with Crippen LogP contribution in [0, 0.1) is 5.92 Å². The third-order valence-corrected chi connectivity index (χ3v) is 3.72. The second kappa shape index (κ2) is 3.91. The zero-order valence-electron chi connectivity index (χ0n) is 11.1.